The number of carbonyl (C=O) groups is 1. The van der Waals surface area contributed by atoms with E-state index in [9.17, 15) is 9.18 Å². The zero-order chi connectivity index (χ0) is 20.1. The summed E-state index contributed by atoms with van der Waals surface area (Å²) in [5.74, 6) is 0.361. The zero-order valence-corrected chi connectivity index (χ0v) is 17.6. The third-order valence-electron chi connectivity index (χ3n) is 3.66. The molecule has 1 aromatic carbocycles. The molecule has 0 radical (unpaired) electrons. The van der Waals surface area contributed by atoms with Crippen LogP contribution in [0.1, 0.15) is 5.01 Å². The molecule has 10 heteroatoms. The Balaban J connectivity index is 1.59. The quantitative estimate of drug-likeness (QED) is 0.582. The second-order valence-corrected chi connectivity index (χ2v) is 7.93. The van der Waals surface area contributed by atoms with E-state index in [2.05, 4.69) is 36.2 Å². The first-order chi connectivity index (χ1) is 13.4. The molecule has 0 atom stereocenters. The molecule has 0 aliphatic carbocycles. The van der Waals surface area contributed by atoms with Gasteiger partial charge in [0.15, 0.2) is 0 Å². The Kier molecular flexibility index (Phi) is 6.53. The molecular formula is C18H17BrFN5O2S. The summed E-state index contributed by atoms with van der Waals surface area (Å²) in [5, 5.41) is 3.78. The van der Waals surface area contributed by atoms with Crippen LogP contribution in [0.4, 0.5) is 15.1 Å². The van der Waals surface area contributed by atoms with Gasteiger partial charge < -0.3 is 15.0 Å². The first-order valence-corrected chi connectivity index (χ1v) is 9.91. The Morgan fingerprint density at radius 2 is 1.96 bits per heavy atom. The average molecular weight is 466 g/mol. The normalized spacial score (nSPS) is 10.6. The molecule has 0 spiro atoms. The van der Waals surface area contributed by atoms with Crippen LogP contribution in [0.3, 0.4) is 0 Å². The number of rotatable bonds is 6. The van der Waals surface area contributed by atoms with Gasteiger partial charge in [0.05, 0.1) is 14.4 Å². The zero-order valence-electron chi connectivity index (χ0n) is 15.1. The Morgan fingerprint density at radius 3 is 2.64 bits per heavy atom. The molecule has 28 heavy (non-hydrogen) atoms. The lowest BCUT2D eigenvalue weighted by atomic mass is 10.2. The van der Waals surface area contributed by atoms with E-state index in [0.717, 1.165) is 15.0 Å². The van der Waals surface area contributed by atoms with Crippen LogP contribution in [0.5, 0.6) is 5.88 Å². The lowest BCUT2D eigenvalue weighted by molar-refractivity contribution is 0.163. The topological polar surface area (TPSA) is 80.2 Å². The smallest absolute Gasteiger partial charge is 0.389 e. The van der Waals surface area contributed by atoms with Crippen LogP contribution in [0.2, 0.25) is 0 Å². The number of anilines is 1. The Morgan fingerprint density at radius 1 is 1.29 bits per heavy atom. The number of hydrogen-bond acceptors (Lipinski definition) is 7. The molecule has 0 fully saturated rings. The van der Waals surface area contributed by atoms with E-state index in [0.29, 0.717) is 23.9 Å². The number of nitrogens with zero attached hydrogens (tertiary/aromatic N) is 4. The van der Waals surface area contributed by atoms with Crippen molar-refractivity contribution in [2.75, 3.05) is 25.5 Å². The molecule has 3 rings (SSSR count). The third kappa shape index (κ3) is 5.23. The summed E-state index contributed by atoms with van der Waals surface area (Å²) in [6.07, 6.45) is 2.73. The van der Waals surface area contributed by atoms with Gasteiger partial charge in [-0.3, -0.25) is 0 Å². The van der Waals surface area contributed by atoms with Gasteiger partial charge in [-0.25, -0.2) is 24.1 Å². The highest BCUT2D eigenvalue weighted by Crippen LogP contribution is 2.35. The van der Waals surface area contributed by atoms with Gasteiger partial charge in [0.1, 0.15) is 5.82 Å². The molecule has 2 heterocycles. The van der Waals surface area contributed by atoms with Crippen LogP contribution in [-0.4, -0.2) is 46.1 Å². The minimum absolute atomic E-state index is 0.218. The van der Waals surface area contributed by atoms with Gasteiger partial charge in [0.25, 0.3) is 0 Å². The van der Waals surface area contributed by atoms with Crippen LogP contribution in [0.25, 0.3) is 10.4 Å². The summed E-state index contributed by atoms with van der Waals surface area (Å²) < 4.78 is 19.4. The number of benzene rings is 1. The van der Waals surface area contributed by atoms with E-state index in [1.807, 2.05) is 6.92 Å². The SMILES string of the molecule is Cc1nc(OC(=O)N(C)CCNc2ncc(Br)cn2)c(-c2ccc(F)cc2)s1. The minimum atomic E-state index is -0.535. The van der Waals surface area contributed by atoms with E-state index in [4.69, 9.17) is 4.74 Å². The highest BCUT2D eigenvalue weighted by molar-refractivity contribution is 9.10. The first kappa shape index (κ1) is 20.2. The van der Waals surface area contributed by atoms with Crippen LogP contribution < -0.4 is 10.1 Å². The molecule has 146 valence electrons. The van der Waals surface area contributed by atoms with Crippen molar-refractivity contribution in [2.24, 2.45) is 0 Å². The van der Waals surface area contributed by atoms with Gasteiger partial charge in [-0.15, -0.1) is 11.3 Å². The molecule has 7 nitrogen and oxygen atoms in total. The fraction of sp³-hybridized carbons (Fsp3) is 0.222. The lowest BCUT2D eigenvalue weighted by Gasteiger charge is -2.16. The van der Waals surface area contributed by atoms with Gasteiger partial charge in [0.2, 0.25) is 11.8 Å². The molecule has 1 N–H and O–H groups in total. The van der Waals surface area contributed by atoms with Gasteiger partial charge >= 0.3 is 6.09 Å². The highest BCUT2D eigenvalue weighted by Gasteiger charge is 2.18. The summed E-state index contributed by atoms with van der Waals surface area (Å²) in [7, 11) is 1.63. The number of aromatic nitrogens is 3. The van der Waals surface area contributed by atoms with Gasteiger partial charge in [0, 0.05) is 32.5 Å². The number of hydrogen-bond donors (Lipinski definition) is 1. The first-order valence-electron chi connectivity index (χ1n) is 8.30. The van der Waals surface area contributed by atoms with Gasteiger partial charge in [-0.2, -0.15) is 0 Å². The van der Waals surface area contributed by atoms with Crippen LogP contribution >= 0.6 is 27.3 Å². The maximum absolute atomic E-state index is 13.2. The molecule has 0 saturated carbocycles. The molecule has 1 amide bonds. The van der Waals surface area contributed by atoms with Gasteiger partial charge in [-0.05, 0) is 40.5 Å². The Hall–Kier alpha value is -2.59. The Labute approximate surface area is 173 Å². The number of halogens is 2. The fourth-order valence-electron chi connectivity index (χ4n) is 2.25. The third-order valence-corrected chi connectivity index (χ3v) is 5.07. The summed E-state index contributed by atoms with van der Waals surface area (Å²) in [6, 6.07) is 5.98. The monoisotopic (exact) mass is 465 g/mol. The number of aryl methyl sites for hydroxylation is 1. The molecule has 0 aliphatic rings. The molecule has 0 unspecified atom stereocenters. The van der Waals surface area contributed by atoms with E-state index in [1.165, 1.54) is 28.4 Å². The Bertz CT molecular complexity index is 950. The molecule has 2 aromatic heterocycles. The highest BCUT2D eigenvalue weighted by atomic mass is 79.9. The molecular weight excluding hydrogens is 449 g/mol. The number of carbonyl (C=O) groups excluding carboxylic acids is 1. The predicted molar refractivity (Wildman–Crippen MR) is 109 cm³/mol. The molecule has 3 aromatic rings. The van der Waals surface area contributed by atoms with Crippen LogP contribution in [-0.2, 0) is 0 Å². The van der Waals surface area contributed by atoms with Crippen LogP contribution in [0, 0.1) is 12.7 Å². The largest absolute Gasteiger partial charge is 0.416 e. The summed E-state index contributed by atoms with van der Waals surface area (Å²) >= 11 is 4.65. The van der Waals surface area contributed by atoms with Crippen molar-refractivity contribution in [1.82, 2.24) is 19.9 Å². The fourth-order valence-corrected chi connectivity index (χ4v) is 3.31. The number of nitrogens with one attached hydrogen (secondary N) is 1. The second kappa shape index (κ2) is 9.07. The summed E-state index contributed by atoms with van der Waals surface area (Å²) in [4.78, 5) is 27.0. The van der Waals surface area contributed by atoms with Crippen molar-refractivity contribution in [3.63, 3.8) is 0 Å². The van der Waals surface area contributed by atoms with E-state index in [-0.39, 0.29) is 11.7 Å². The predicted octanol–water partition coefficient (Wildman–Crippen LogP) is 4.35. The minimum Gasteiger partial charge on any atom is -0.389 e. The number of ether oxygens (including phenoxy) is 1. The maximum atomic E-state index is 13.2. The van der Waals surface area contributed by atoms with Crippen LogP contribution in [0.15, 0.2) is 41.1 Å². The number of likely N-dealkylation sites (N-methyl/N-ethyl adjacent to an activating group) is 1. The van der Waals surface area contributed by atoms with E-state index < -0.39 is 6.09 Å². The van der Waals surface area contributed by atoms with E-state index >= 15 is 0 Å². The molecule has 0 bridgehead atoms. The number of amides is 1. The van der Waals surface area contributed by atoms with E-state index in [1.54, 1.807) is 31.6 Å². The molecule has 0 saturated heterocycles. The maximum Gasteiger partial charge on any atom is 0.416 e. The van der Waals surface area contributed by atoms with Crippen molar-refractivity contribution >= 4 is 39.3 Å². The van der Waals surface area contributed by atoms with Crippen molar-refractivity contribution in [3.8, 4) is 16.3 Å². The molecule has 0 aliphatic heterocycles. The number of thiazole rings is 1. The van der Waals surface area contributed by atoms with Crippen molar-refractivity contribution < 1.29 is 13.9 Å². The summed E-state index contributed by atoms with van der Waals surface area (Å²) in [6.45, 7) is 2.66. The summed E-state index contributed by atoms with van der Waals surface area (Å²) in [5.41, 5.74) is 0.742. The van der Waals surface area contributed by atoms with Crippen molar-refractivity contribution in [3.05, 3.63) is 52.0 Å². The average Bonchev–Trinajstić information content (AvgIpc) is 3.04. The van der Waals surface area contributed by atoms with Crippen molar-refractivity contribution in [1.29, 1.82) is 0 Å². The van der Waals surface area contributed by atoms with Crippen molar-refractivity contribution in [2.45, 2.75) is 6.92 Å². The standard InChI is InChI=1S/C18H17BrFN5O2S/c1-11-24-16(15(28-11)12-3-5-14(20)6-4-12)27-18(26)25(2)8-7-21-17-22-9-13(19)10-23-17/h3-6,9-10H,7-8H2,1-2H3,(H,21,22,23). The lowest BCUT2D eigenvalue weighted by Crippen LogP contribution is -2.34. The van der Waals surface area contributed by atoms with Gasteiger partial charge in [-0.1, -0.05) is 12.1 Å². The second-order valence-electron chi connectivity index (χ2n) is 5.82.